The van der Waals surface area contributed by atoms with Gasteiger partial charge in [-0.25, -0.2) is 17.8 Å². The number of anilines is 1. The van der Waals surface area contributed by atoms with Crippen LogP contribution >= 0.6 is 0 Å². The van der Waals surface area contributed by atoms with Crippen molar-refractivity contribution in [3.63, 3.8) is 0 Å². The molecule has 0 aliphatic carbocycles. The molecule has 4 N–H and O–H groups in total. The molecule has 4 rings (SSSR count). The number of pyridine rings is 1. The molecule has 0 aliphatic rings. The highest BCUT2D eigenvalue weighted by molar-refractivity contribution is 7.89. The zero-order chi connectivity index (χ0) is 37.3. The molecule has 12 nitrogen and oxygen atoms in total. The van der Waals surface area contributed by atoms with E-state index in [-0.39, 0.29) is 42.5 Å². The summed E-state index contributed by atoms with van der Waals surface area (Å²) in [5, 5.41) is 20.1. The van der Waals surface area contributed by atoms with Gasteiger partial charge in [0.25, 0.3) is 5.91 Å². The molecule has 0 unspecified atom stereocenters. The lowest BCUT2D eigenvalue weighted by Gasteiger charge is -2.31. The van der Waals surface area contributed by atoms with Crippen molar-refractivity contribution in [2.45, 2.75) is 63.6 Å². The number of aliphatic hydroxyl groups excluding tert-OH is 1. The number of amides is 3. The molecule has 14 heteroatoms. The molecule has 0 spiro atoms. The summed E-state index contributed by atoms with van der Waals surface area (Å²) in [5.41, 5.74) is 1.12. The third kappa shape index (κ3) is 10.7. The summed E-state index contributed by atoms with van der Waals surface area (Å²) in [6, 6.07) is 19.9. The van der Waals surface area contributed by atoms with E-state index in [1.165, 1.54) is 19.9 Å². The van der Waals surface area contributed by atoms with Crippen molar-refractivity contribution in [3.05, 3.63) is 102 Å². The van der Waals surface area contributed by atoms with Crippen LogP contribution in [0.5, 0.6) is 0 Å². The molecule has 1 heterocycles. The average molecular weight is 720 g/mol. The van der Waals surface area contributed by atoms with E-state index in [4.69, 9.17) is 0 Å². The average Bonchev–Trinajstić information content (AvgIpc) is 3.07. The number of nitrogens with one attached hydrogen (secondary N) is 3. The van der Waals surface area contributed by atoms with Crippen LogP contribution in [-0.2, 0) is 30.8 Å². The first-order valence-electron chi connectivity index (χ1n) is 16.4. The topological polar surface area (TPSA) is 175 Å². The summed E-state index contributed by atoms with van der Waals surface area (Å²) in [6.07, 6.45) is -1.79. The van der Waals surface area contributed by atoms with E-state index in [0.29, 0.717) is 11.1 Å². The molecule has 270 valence electrons. The zero-order valence-corrected chi connectivity index (χ0v) is 29.6. The Kier molecular flexibility index (Phi) is 13.1. The predicted molar refractivity (Wildman–Crippen MR) is 191 cm³/mol. The largest absolute Gasteiger partial charge is 0.390 e. The highest BCUT2D eigenvalue weighted by Crippen LogP contribution is 2.24. The van der Waals surface area contributed by atoms with Crippen LogP contribution < -0.4 is 16.0 Å². The molecule has 0 saturated heterocycles. The van der Waals surface area contributed by atoms with Gasteiger partial charge in [-0.1, -0.05) is 68.4 Å². The van der Waals surface area contributed by atoms with Crippen molar-refractivity contribution in [3.8, 4) is 0 Å². The Balaban J connectivity index is 1.61. The number of carbonyl (C=O) groups is 4. The maximum absolute atomic E-state index is 14.8. The molecule has 3 atom stereocenters. The number of aromatic nitrogens is 1. The van der Waals surface area contributed by atoms with Crippen LogP contribution in [0.1, 0.15) is 50.2 Å². The summed E-state index contributed by atoms with van der Waals surface area (Å²) in [4.78, 5) is 54.7. The molecule has 0 aliphatic heterocycles. The van der Waals surface area contributed by atoms with E-state index in [2.05, 4.69) is 20.9 Å². The number of nitrogens with zero attached hydrogens (tertiary/aromatic N) is 2. The van der Waals surface area contributed by atoms with E-state index >= 15 is 0 Å². The third-order valence-electron chi connectivity index (χ3n) is 7.88. The second-order valence-electron chi connectivity index (χ2n) is 12.7. The van der Waals surface area contributed by atoms with Gasteiger partial charge in [-0.15, -0.1) is 0 Å². The van der Waals surface area contributed by atoms with Crippen molar-refractivity contribution in [2.75, 3.05) is 18.4 Å². The molecule has 51 heavy (non-hydrogen) atoms. The van der Waals surface area contributed by atoms with Crippen LogP contribution in [-0.4, -0.2) is 77.6 Å². The number of sulfonamides is 1. The van der Waals surface area contributed by atoms with E-state index < -0.39 is 63.2 Å². The normalized spacial score (nSPS) is 13.4. The molecule has 0 radical (unpaired) electrons. The smallest absolute Gasteiger partial charge is 0.270 e. The molecule has 0 bridgehead atoms. The standard InChI is InChI=1S/C37H42FN5O7S/c1-23(2)21-43(51(49,50)28-15-17-31(29(38)20-28)39-25(4)45)22-35(46)33(19-26-10-6-5-7-11-26)41-37(48)34(18-24(3)44)42-36(47)32-16-14-27-12-8-9-13-30(27)40-32/h5-17,20,23,33-35,46H,18-19,21-22H2,1-4H3,(H,39,45)(H,41,48)(H,42,47)/t33-,34-,35-/m0/s1. The van der Waals surface area contributed by atoms with Crippen LogP contribution in [0.2, 0.25) is 0 Å². The quantitative estimate of drug-likeness (QED) is 0.135. The maximum Gasteiger partial charge on any atom is 0.270 e. The van der Waals surface area contributed by atoms with Gasteiger partial charge in [0, 0.05) is 31.8 Å². The van der Waals surface area contributed by atoms with Crippen LogP contribution in [0.15, 0.2) is 89.8 Å². The number of hydrogen-bond acceptors (Lipinski definition) is 8. The van der Waals surface area contributed by atoms with Crippen molar-refractivity contribution in [1.29, 1.82) is 0 Å². The Morgan fingerprint density at radius 1 is 0.882 bits per heavy atom. The minimum Gasteiger partial charge on any atom is -0.390 e. The SMILES string of the molecule is CC(=O)C[C@H](NC(=O)c1ccc2ccccc2n1)C(=O)N[C@@H](Cc1ccccc1)[C@@H](O)CN(CC(C)C)S(=O)(=O)c1ccc(NC(C)=O)c(F)c1. The molecular formula is C37H42FN5O7S. The van der Waals surface area contributed by atoms with Gasteiger partial charge in [0.15, 0.2) is 0 Å². The van der Waals surface area contributed by atoms with Gasteiger partial charge < -0.3 is 21.1 Å². The Morgan fingerprint density at radius 2 is 1.57 bits per heavy atom. The number of para-hydroxylation sites is 1. The van der Waals surface area contributed by atoms with Crippen LogP contribution in [0, 0.1) is 11.7 Å². The van der Waals surface area contributed by atoms with Gasteiger partial charge >= 0.3 is 0 Å². The minimum absolute atomic E-state index is 0.0343. The lowest BCUT2D eigenvalue weighted by Crippen LogP contribution is -2.56. The van der Waals surface area contributed by atoms with E-state index in [1.54, 1.807) is 62.4 Å². The summed E-state index contributed by atoms with van der Waals surface area (Å²) in [7, 11) is -4.39. The summed E-state index contributed by atoms with van der Waals surface area (Å²) in [6.45, 7) is 5.48. The Morgan fingerprint density at radius 3 is 2.22 bits per heavy atom. The molecule has 0 fully saturated rings. The molecule has 4 aromatic rings. The Hall–Kier alpha value is -5.05. The number of Topliss-reactive ketones (excluding diaryl/α,β-unsaturated/α-hetero) is 1. The summed E-state index contributed by atoms with van der Waals surface area (Å²) >= 11 is 0. The fourth-order valence-corrected chi connectivity index (χ4v) is 7.10. The second kappa shape index (κ2) is 17.2. The minimum atomic E-state index is -4.39. The fourth-order valence-electron chi connectivity index (χ4n) is 5.47. The van der Waals surface area contributed by atoms with Crippen molar-refractivity contribution in [1.82, 2.24) is 19.9 Å². The molecule has 3 aromatic carbocycles. The lowest BCUT2D eigenvalue weighted by molar-refractivity contribution is -0.127. The highest BCUT2D eigenvalue weighted by atomic mass is 32.2. The summed E-state index contributed by atoms with van der Waals surface area (Å²) in [5.74, 6) is -3.54. The first kappa shape index (κ1) is 38.7. The van der Waals surface area contributed by atoms with Gasteiger partial charge in [0.1, 0.15) is 23.3 Å². The van der Waals surface area contributed by atoms with Crippen LogP contribution in [0.4, 0.5) is 10.1 Å². The summed E-state index contributed by atoms with van der Waals surface area (Å²) < 4.78 is 43.5. The fraction of sp³-hybridized carbons (Fsp3) is 0.324. The van der Waals surface area contributed by atoms with Crippen molar-refractivity contribution >= 4 is 50.1 Å². The monoisotopic (exact) mass is 719 g/mol. The zero-order valence-electron chi connectivity index (χ0n) is 28.8. The molecule has 3 amide bonds. The Bertz CT molecular complexity index is 1990. The van der Waals surface area contributed by atoms with Crippen molar-refractivity contribution < 1.29 is 37.1 Å². The van der Waals surface area contributed by atoms with Gasteiger partial charge in [-0.3, -0.25) is 19.2 Å². The number of ketones is 1. The second-order valence-corrected chi connectivity index (χ2v) is 14.7. The molecular weight excluding hydrogens is 678 g/mol. The van der Waals surface area contributed by atoms with Gasteiger partial charge in [0.05, 0.1) is 28.2 Å². The van der Waals surface area contributed by atoms with Gasteiger partial charge in [0.2, 0.25) is 21.8 Å². The third-order valence-corrected chi connectivity index (χ3v) is 9.71. The number of fused-ring (bicyclic) bond motifs is 1. The maximum atomic E-state index is 14.8. The number of rotatable bonds is 16. The van der Waals surface area contributed by atoms with E-state index in [0.717, 1.165) is 27.9 Å². The van der Waals surface area contributed by atoms with Gasteiger partial charge in [-0.05, 0) is 55.2 Å². The van der Waals surface area contributed by atoms with E-state index in [1.807, 2.05) is 12.1 Å². The van der Waals surface area contributed by atoms with Crippen molar-refractivity contribution in [2.24, 2.45) is 5.92 Å². The van der Waals surface area contributed by atoms with Crippen LogP contribution in [0.3, 0.4) is 0 Å². The number of halogens is 1. The first-order valence-corrected chi connectivity index (χ1v) is 17.8. The van der Waals surface area contributed by atoms with Crippen LogP contribution in [0.25, 0.3) is 10.9 Å². The number of hydrogen-bond donors (Lipinski definition) is 4. The van der Waals surface area contributed by atoms with E-state index in [9.17, 15) is 37.1 Å². The number of aliphatic hydroxyl groups is 1. The Labute approximate surface area is 296 Å². The number of benzene rings is 3. The molecule has 0 saturated carbocycles. The lowest BCUT2D eigenvalue weighted by atomic mass is 9.99. The first-order chi connectivity index (χ1) is 24.1. The predicted octanol–water partition coefficient (Wildman–Crippen LogP) is 3.85. The van der Waals surface area contributed by atoms with Gasteiger partial charge in [-0.2, -0.15) is 4.31 Å². The molecule has 1 aromatic heterocycles. The number of carbonyl (C=O) groups excluding carboxylic acids is 4. The highest BCUT2D eigenvalue weighted by Gasteiger charge is 2.33.